The lowest BCUT2D eigenvalue weighted by molar-refractivity contribution is -0.123. The maximum atomic E-state index is 12.0. The number of benzene rings is 2. The van der Waals surface area contributed by atoms with Crippen LogP contribution in [0.2, 0.25) is 0 Å². The molecule has 0 radical (unpaired) electrons. The lowest BCUT2D eigenvalue weighted by atomic mass is 10.1. The van der Waals surface area contributed by atoms with Crippen molar-refractivity contribution in [3.8, 4) is 17.2 Å². The van der Waals surface area contributed by atoms with Gasteiger partial charge in [0.1, 0.15) is 17.2 Å². The number of para-hydroxylation sites is 1. The molecule has 1 N–H and O–H groups in total. The molecule has 0 heterocycles. The van der Waals surface area contributed by atoms with Crippen molar-refractivity contribution in [3.05, 3.63) is 54.1 Å². The first-order valence-corrected chi connectivity index (χ1v) is 7.33. The van der Waals surface area contributed by atoms with Gasteiger partial charge in [0.05, 0.1) is 20.3 Å². The molecule has 2 aromatic carbocycles. The third-order valence-corrected chi connectivity index (χ3v) is 3.39. The predicted molar refractivity (Wildman–Crippen MR) is 88.0 cm³/mol. The molecular formula is C18H21NO4. The van der Waals surface area contributed by atoms with Gasteiger partial charge in [0.15, 0.2) is 6.61 Å². The van der Waals surface area contributed by atoms with Crippen molar-refractivity contribution >= 4 is 5.91 Å². The Morgan fingerprint density at radius 3 is 2.52 bits per heavy atom. The van der Waals surface area contributed by atoms with E-state index < -0.39 is 0 Å². The molecular weight excluding hydrogens is 294 g/mol. The third-order valence-electron chi connectivity index (χ3n) is 3.39. The van der Waals surface area contributed by atoms with E-state index in [1.54, 1.807) is 26.4 Å². The highest BCUT2D eigenvalue weighted by molar-refractivity contribution is 5.78. The summed E-state index contributed by atoms with van der Waals surface area (Å²) < 4.78 is 15.9. The van der Waals surface area contributed by atoms with Crippen LogP contribution >= 0.6 is 0 Å². The Hall–Kier alpha value is -2.69. The summed E-state index contributed by atoms with van der Waals surface area (Å²) >= 11 is 0. The van der Waals surface area contributed by atoms with Crippen molar-refractivity contribution < 1.29 is 19.0 Å². The molecule has 0 aliphatic rings. The molecule has 1 atom stereocenters. The zero-order valence-corrected chi connectivity index (χ0v) is 13.5. The molecule has 23 heavy (non-hydrogen) atoms. The smallest absolute Gasteiger partial charge is 0.258 e. The molecule has 2 rings (SSSR count). The molecule has 0 aliphatic heterocycles. The zero-order valence-electron chi connectivity index (χ0n) is 13.5. The normalized spacial score (nSPS) is 11.4. The van der Waals surface area contributed by atoms with Crippen molar-refractivity contribution in [1.82, 2.24) is 5.32 Å². The van der Waals surface area contributed by atoms with Gasteiger partial charge in [-0.25, -0.2) is 0 Å². The Balaban J connectivity index is 1.91. The van der Waals surface area contributed by atoms with Gasteiger partial charge in [0.25, 0.3) is 5.91 Å². The first kappa shape index (κ1) is 16.7. The van der Waals surface area contributed by atoms with Crippen LogP contribution < -0.4 is 19.5 Å². The van der Waals surface area contributed by atoms with Crippen LogP contribution in [0.15, 0.2) is 48.5 Å². The van der Waals surface area contributed by atoms with Crippen LogP contribution in [0.1, 0.15) is 18.5 Å². The molecule has 0 fully saturated rings. The summed E-state index contributed by atoms with van der Waals surface area (Å²) in [6, 6.07) is 14.6. The van der Waals surface area contributed by atoms with E-state index in [0.29, 0.717) is 11.5 Å². The van der Waals surface area contributed by atoms with Gasteiger partial charge in [-0.1, -0.05) is 24.3 Å². The monoisotopic (exact) mass is 315 g/mol. The first-order valence-electron chi connectivity index (χ1n) is 7.33. The van der Waals surface area contributed by atoms with Gasteiger partial charge in [0, 0.05) is 11.6 Å². The zero-order chi connectivity index (χ0) is 16.7. The van der Waals surface area contributed by atoms with E-state index in [1.165, 1.54) is 0 Å². The lowest BCUT2D eigenvalue weighted by Gasteiger charge is -2.17. The van der Waals surface area contributed by atoms with Crippen LogP contribution in [0.25, 0.3) is 0 Å². The quantitative estimate of drug-likeness (QED) is 0.853. The van der Waals surface area contributed by atoms with Crippen LogP contribution in [-0.2, 0) is 4.79 Å². The van der Waals surface area contributed by atoms with Crippen molar-refractivity contribution in [3.63, 3.8) is 0 Å². The highest BCUT2D eigenvalue weighted by atomic mass is 16.5. The molecule has 5 nitrogen and oxygen atoms in total. The number of methoxy groups -OCH3 is 2. The molecule has 0 spiro atoms. The minimum Gasteiger partial charge on any atom is -0.497 e. The third kappa shape index (κ3) is 4.64. The van der Waals surface area contributed by atoms with Gasteiger partial charge in [-0.3, -0.25) is 4.79 Å². The standard InChI is InChI=1S/C18H21NO4/c1-13(16-9-4-5-10-17(16)22-3)19-18(20)12-23-15-8-6-7-14(11-15)21-2/h4-11,13H,12H2,1-3H3,(H,19,20)/t13-/m0/s1. The second-order valence-electron chi connectivity index (χ2n) is 5.00. The van der Waals surface area contributed by atoms with Crippen LogP contribution in [0.5, 0.6) is 17.2 Å². The average molecular weight is 315 g/mol. The number of carbonyl (C=O) groups is 1. The van der Waals surface area contributed by atoms with Gasteiger partial charge >= 0.3 is 0 Å². The van der Waals surface area contributed by atoms with Crippen LogP contribution in [0.4, 0.5) is 0 Å². The molecule has 0 unspecified atom stereocenters. The lowest BCUT2D eigenvalue weighted by Crippen LogP contribution is -2.31. The van der Waals surface area contributed by atoms with Crippen molar-refractivity contribution in [2.75, 3.05) is 20.8 Å². The second kappa shape index (κ2) is 8.08. The Labute approximate surface area is 136 Å². The Morgan fingerprint density at radius 1 is 1.04 bits per heavy atom. The molecule has 0 saturated carbocycles. The fraction of sp³-hybridized carbons (Fsp3) is 0.278. The summed E-state index contributed by atoms with van der Waals surface area (Å²) in [5, 5.41) is 2.89. The predicted octanol–water partition coefficient (Wildman–Crippen LogP) is 2.96. The van der Waals surface area contributed by atoms with E-state index >= 15 is 0 Å². The van der Waals surface area contributed by atoms with Crippen molar-refractivity contribution in [2.45, 2.75) is 13.0 Å². The first-order chi connectivity index (χ1) is 11.1. The van der Waals surface area contributed by atoms with E-state index in [1.807, 2.05) is 43.3 Å². The Morgan fingerprint density at radius 2 is 1.78 bits per heavy atom. The minimum atomic E-state index is -0.203. The van der Waals surface area contributed by atoms with Crippen molar-refractivity contribution in [1.29, 1.82) is 0 Å². The highest BCUT2D eigenvalue weighted by Gasteiger charge is 2.14. The number of hydrogen-bond donors (Lipinski definition) is 1. The molecule has 5 heteroatoms. The fourth-order valence-corrected chi connectivity index (χ4v) is 2.22. The molecule has 2 aromatic rings. The van der Waals surface area contributed by atoms with E-state index in [-0.39, 0.29) is 18.6 Å². The molecule has 0 saturated heterocycles. The van der Waals surface area contributed by atoms with E-state index in [2.05, 4.69) is 5.32 Å². The average Bonchev–Trinajstić information content (AvgIpc) is 2.60. The number of carbonyl (C=O) groups excluding carboxylic acids is 1. The second-order valence-corrected chi connectivity index (χ2v) is 5.00. The molecule has 1 amide bonds. The van der Waals surface area contributed by atoms with Crippen LogP contribution in [-0.4, -0.2) is 26.7 Å². The number of nitrogens with one attached hydrogen (secondary N) is 1. The molecule has 0 bridgehead atoms. The van der Waals surface area contributed by atoms with E-state index in [9.17, 15) is 4.79 Å². The van der Waals surface area contributed by atoms with E-state index in [4.69, 9.17) is 14.2 Å². The molecule has 0 aliphatic carbocycles. The minimum absolute atomic E-state index is 0.0628. The fourth-order valence-electron chi connectivity index (χ4n) is 2.22. The van der Waals surface area contributed by atoms with Crippen LogP contribution in [0.3, 0.4) is 0 Å². The molecule has 122 valence electrons. The Bertz CT molecular complexity index is 657. The van der Waals surface area contributed by atoms with E-state index in [0.717, 1.165) is 11.3 Å². The van der Waals surface area contributed by atoms with Gasteiger partial charge in [-0.05, 0) is 25.1 Å². The van der Waals surface area contributed by atoms with Gasteiger partial charge in [-0.2, -0.15) is 0 Å². The maximum absolute atomic E-state index is 12.0. The largest absolute Gasteiger partial charge is 0.497 e. The number of hydrogen-bond acceptors (Lipinski definition) is 4. The summed E-state index contributed by atoms with van der Waals surface area (Å²) in [6.45, 7) is 1.84. The topological polar surface area (TPSA) is 56.8 Å². The summed E-state index contributed by atoms with van der Waals surface area (Å²) in [7, 11) is 3.19. The summed E-state index contributed by atoms with van der Waals surface area (Å²) in [4.78, 5) is 12.0. The highest BCUT2D eigenvalue weighted by Crippen LogP contribution is 2.24. The van der Waals surface area contributed by atoms with Gasteiger partial charge in [0.2, 0.25) is 0 Å². The van der Waals surface area contributed by atoms with Crippen LogP contribution in [0, 0.1) is 0 Å². The summed E-state index contributed by atoms with van der Waals surface area (Å²) in [5.41, 5.74) is 0.921. The summed E-state index contributed by atoms with van der Waals surface area (Å²) in [5.74, 6) is 1.81. The number of amides is 1. The molecule has 0 aromatic heterocycles. The maximum Gasteiger partial charge on any atom is 0.258 e. The SMILES string of the molecule is COc1cccc(OCC(=O)N[C@@H](C)c2ccccc2OC)c1. The number of rotatable bonds is 7. The Kier molecular flexibility index (Phi) is 5.86. The van der Waals surface area contributed by atoms with Gasteiger partial charge < -0.3 is 19.5 Å². The van der Waals surface area contributed by atoms with Gasteiger partial charge in [-0.15, -0.1) is 0 Å². The summed E-state index contributed by atoms with van der Waals surface area (Å²) in [6.07, 6.45) is 0. The number of ether oxygens (including phenoxy) is 3. The van der Waals surface area contributed by atoms with Crippen molar-refractivity contribution in [2.24, 2.45) is 0 Å².